The van der Waals surface area contributed by atoms with Gasteiger partial charge in [0.25, 0.3) is 0 Å². The summed E-state index contributed by atoms with van der Waals surface area (Å²) in [6, 6.07) is 0. The Kier molecular flexibility index (Phi) is 5.93. The molecule has 0 N–H and O–H groups in total. The van der Waals surface area contributed by atoms with Crippen molar-refractivity contribution in [1.82, 2.24) is 0 Å². The van der Waals surface area contributed by atoms with Crippen LogP contribution < -0.4 is 0 Å². The molecule has 1 atom stereocenters. The molecule has 0 fully saturated rings. The quantitative estimate of drug-likeness (QED) is 0.607. The van der Waals surface area contributed by atoms with E-state index in [1.54, 1.807) is 6.92 Å². The summed E-state index contributed by atoms with van der Waals surface area (Å²) in [4.78, 5) is 21.6. The number of esters is 2. The van der Waals surface area contributed by atoms with Crippen molar-refractivity contribution in [3.05, 3.63) is 0 Å². The summed E-state index contributed by atoms with van der Waals surface area (Å²) in [7, 11) is 0. The molecular weight excluding hydrogens is 172 g/mol. The molecule has 0 aliphatic carbocycles. The van der Waals surface area contributed by atoms with Crippen LogP contribution in [0.4, 0.5) is 0 Å². The van der Waals surface area contributed by atoms with Gasteiger partial charge >= 0.3 is 11.9 Å². The summed E-state index contributed by atoms with van der Waals surface area (Å²) in [5, 5.41) is 0. The van der Waals surface area contributed by atoms with Gasteiger partial charge in [0.2, 0.25) is 0 Å². The molecule has 13 heavy (non-hydrogen) atoms. The monoisotopic (exact) mass is 188 g/mol. The smallest absolute Gasteiger partial charge is 0.312 e. The second kappa shape index (κ2) is 6.46. The topological polar surface area (TPSA) is 52.6 Å². The highest BCUT2D eigenvalue weighted by Crippen LogP contribution is 2.05. The zero-order valence-electron chi connectivity index (χ0n) is 8.33. The standard InChI is InChI=1S/C9H16O4/c1-4-8(6-13-7(3)10)9(11)12-5-2/h8H,4-6H2,1-3H3. The summed E-state index contributed by atoms with van der Waals surface area (Å²) in [5.41, 5.74) is 0. The minimum atomic E-state index is -0.372. The second-order valence-corrected chi connectivity index (χ2v) is 2.66. The Morgan fingerprint density at radius 1 is 1.23 bits per heavy atom. The lowest BCUT2D eigenvalue weighted by Gasteiger charge is -2.12. The fourth-order valence-electron chi connectivity index (χ4n) is 0.831. The molecule has 4 nitrogen and oxygen atoms in total. The van der Waals surface area contributed by atoms with Gasteiger partial charge in [0.15, 0.2) is 0 Å². The number of carbonyl (C=O) groups is 2. The Hall–Kier alpha value is -1.06. The minimum Gasteiger partial charge on any atom is -0.466 e. The molecule has 0 rings (SSSR count). The molecular formula is C9H16O4. The summed E-state index contributed by atoms with van der Waals surface area (Å²) < 4.78 is 9.52. The normalized spacial score (nSPS) is 11.9. The Balaban J connectivity index is 3.87. The van der Waals surface area contributed by atoms with E-state index in [2.05, 4.69) is 0 Å². The van der Waals surface area contributed by atoms with Gasteiger partial charge in [0, 0.05) is 6.92 Å². The molecule has 0 heterocycles. The summed E-state index contributed by atoms with van der Waals surface area (Å²) in [6.07, 6.45) is 0.617. The van der Waals surface area contributed by atoms with Crippen LogP contribution in [-0.2, 0) is 19.1 Å². The Morgan fingerprint density at radius 3 is 2.23 bits per heavy atom. The van der Waals surface area contributed by atoms with E-state index < -0.39 is 0 Å². The largest absolute Gasteiger partial charge is 0.466 e. The Labute approximate surface area is 78.2 Å². The van der Waals surface area contributed by atoms with Gasteiger partial charge in [-0.15, -0.1) is 0 Å². The van der Waals surface area contributed by atoms with Gasteiger partial charge in [-0.2, -0.15) is 0 Å². The maximum Gasteiger partial charge on any atom is 0.312 e. The molecule has 0 bridgehead atoms. The third-order valence-corrected chi connectivity index (χ3v) is 1.60. The molecule has 0 amide bonds. The van der Waals surface area contributed by atoms with Crippen molar-refractivity contribution >= 4 is 11.9 Å². The number of carbonyl (C=O) groups excluding carboxylic acids is 2. The molecule has 0 spiro atoms. The minimum absolute atomic E-state index is 0.116. The van der Waals surface area contributed by atoms with Crippen LogP contribution in [0.1, 0.15) is 27.2 Å². The summed E-state index contributed by atoms with van der Waals surface area (Å²) >= 11 is 0. The van der Waals surface area contributed by atoms with E-state index in [0.29, 0.717) is 13.0 Å². The van der Waals surface area contributed by atoms with Crippen LogP contribution in [-0.4, -0.2) is 25.2 Å². The molecule has 0 aliphatic rings. The Bertz CT molecular complexity index is 176. The van der Waals surface area contributed by atoms with Crippen LogP contribution in [0.15, 0.2) is 0 Å². The summed E-state index contributed by atoms with van der Waals surface area (Å²) in [6.45, 7) is 5.39. The average Bonchev–Trinajstić information content (AvgIpc) is 2.05. The number of ether oxygens (including phenoxy) is 2. The van der Waals surface area contributed by atoms with Crippen molar-refractivity contribution in [2.75, 3.05) is 13.2 Å². The van der Waals surface area contributed by atoms with Crippen LogP contribution in [0.3, 0.4) is 0 Å². The maximum absolute atomic E-state index is 11.2. The molecule has 0 aromatic rings. The number of hydrogen-bond donors (Lipinski definition) is 0. The fraction of sp³-hybridized carbons (Fsp3) is 0.778. The molecule has 0 aliphatic heterocycles. The van der Waals surface area contributed by atoms with E-state index in [0.717, 1.165) is 0 Å². The highest BCUT2D eigenvalue weighted by molar-refractivity contribution is 5.73. The van der Waals surface area contributed by atoms with Crippen LogP contribution >= 0.6 is 0 Å². The number of rotatable bonds is 5. The van der Waals surface area contributed by atoms with Crippen molar-refractivity contribution in [3.63, 3.8) is 0 Å². The Morgan fingerprint density at radius 2 is 1.85 bits per heavy atom. The molecule has 0 saturated carbocycles. The lowest BCUT2D eigenvalue weighted by Crippen LogP contribution is -2.23. The van der Waals surface area contributed by atoms with Gasteiger partial charge in [-0.3, -0.25) is 9.59 Å². The van der Waals surface area contributed by atoms with Crippen molar-refractivity contribution in [1.29, 1.82) is 0 Å². The fourth-order valence-corrected chi connectivity index (χ4v) is 0.831. The molecule has 4 heteroatoms. The van der Waals surface area contributed by atoms with Crippen LogP contribution in [0, 0.1) is 5.92 Å². The first-order valence-corrected chi connectivity index (χ1v) is 4.41. The lowest BCUT2D eigenvalue weighted by molar-refractivity contribution is -0.153. The van der Waals surface area contributed by atoms with Gasteiger partial charge in [0.1, 0.15) is 6.61 Å². The molecule has 0 radical (unpaired) electrons. The number of hydrogen-bond acceptors (Lipinski definition) is 4. The molecule has 0 saturated heterocycles. The SMILES string of the molecule is CCOC(=O)C(CC)COC(C)=O. The second-order valence-electron chi connectivity index (χ2n) is 2.66. The van der Waals surface area contributed by atoms with E-state index in [1.165, 1.54) is 6.92 Å². The molecule has 76 valence electrons. The van der Waals surface area contributed by atoms with Gasteiger partial charge in [-0.1, -0.05) is 6.92 Å². The van der Waals surface area contributed by atoms with Crippen molar-refractivity contribution in [2.24, 2.45) is 5.92 Å². The van der Waals surface area contributed by atoms with E-state index in [4.69, 9.17) is 9.47 Å². The van der Waals surface area contributed by atoms with Crippen molar-refractivity contribution < 1.29 is 19.1 Å². The van der Waals surface area contributed by atoms with Crippen molar-refractivity contribution in [2.45, 2.75) is 27.2 Å². The summed E-state index contributed by atoms with van der Waals surface area (Å²) in [5.74, 6) is -1.00. The first-order valence-electron chi connectivity index (χ1n) is 4.41. The zero-order valence-corrected chi connectivity index (χ0v) is 8.33. The predicted octanol–water partition coefficient (Wildman–Crippen LogP) is 1.14. The first kappa shape index (κ1) is 11.9. The molecule has 1 unspecified atom stereocenters. The highest BCUT2D eigenvalue weighted by Gasteiger charge is 2.18. The average molecular weight is 188 g/mol. The molecule has 0 aromatic carbocycles. The van der Waals surface area contributed by atoms with Gasteiger partial charge in [-0.05, 0) is 13.3 Å². The predicted molar refractivity (Wildman–Crippen MR) is 47.0 cm³/mol. The van der Waals surface area contributed by atoms with E-state index >= 15 is 0 Å². The van der Waals surface area contributed by atoms with Crippen LogP contribution in [0.2, 0.25) is 0 Å². The van der Waals surface area contributed by atoms with E-state index in [-0.39, 0.29) is 24.5 Å². The van der Waals surface area contributed by atoms with E-state index in [1.807, 2.05) is 6.92 Å². The van der Waals surface area contributed by atoms with E-state index in [9.17, 15) is 9.59 Å². The maximum atomic E-state index is 11.2. The van der Waals surface area contributed by atoms with Crippen LogP contribution in [0.5, 0.6) is 0 Å². The first-order chi connectivity index (χ1) is 6.11. The lowest BCUT2D eigenvalue weighted by atomic mass is 10.1. The highest BCUT2D eigenvalue weighted by atomic mass is 16.5. The van der Waals surface area contributed by atoms with Gasteiger partial charge < -0.3 is 9.47 Å². The van der Waals surface area contributed by atoms with Crippen LogP contribution in [0.25, 0.3) is 0 Å². The van der Waals surface area contributed by atoms with Crippen molar-refractivity contribution in [3.8, 4) is 0 Å². The third kappa shape index (κ3) is 5.22. The van der Waals surface area contributed by atoms with Gasteiger partial charge in [-0.25, -0.2) is 0 Å². The third-order valence-electron chi connectivity index (χ3n) is 1.60. The zero-order chi connectivity index (χ0) is 10.3. The molecule has 0 aromatic heterocycles. The van der Waals surface area contributed by atoms with Gasteiger partial charge in [0.05, 0.1) is 12.5 Å².